The van der Waals surface area contributed by atoms with Crippen LogP contribution in [0.3, 0.4) is 0 Å². The number of nitrogens with two attached hydrogens (primary N) is 1. The van der Waals surface area contributed by atoms with Gasteiger partial charge in [-0.05, 0) is 38.1 Å². The van der Waals surface area contributed by atoms with Crippen LogP contribution in [0.25, 0.3) is 0 Å². The molecule has 138 valence electrons. The van der Waals surface area contributed by atoms with Crippen molar-refractivity contribution in [3.8, 4) is 5.75 Å². The molecule has 2 N–H and O–H groups in total. The Balaban J connectivity index is 1.54. The SMILES string of the molecule is Cc1nc(N)nc(C)c1CC(=O)N1CCC(Oc2ccc(F)cc2)CC1. The van der Waals surface area contributed by atoms with Crippen molar-refractivity contribution < 1.29 is 13.9 Å². The second kappa shape index (κ2) is 7.68. The smallest absolute Gasteiger partial charge is 0.227 e. The van der Waals surface area contributed by atoms with Gasteiger partial charge in [0.05, 0.1) is 6.42 Å². The zero-order valence-electron chi connectivity index (χ0n) is 15.0. The highest BCUT2D eigenvalue weighted by Crippen LogP contribution is 2.20. The highest BCUT2D eigenvalue weighted by Gasteiger charge is 2.25. The lowest BCUT2D eigenvalue weighted by Gasteiger charge is -2.32. The minimum absolute atomic E-state index is 0.0350. The number of aryl methyl sites for hydroxylation is 2. The van der Waals surface area contributed by atoms with Crippen molar-refractivity contribution >= 4 is 11.9 Å². The summed E-state index contributed by atoms with van der Waals surface area (Å²) in [5.41, 5.74) is 7.97. The second-order valence-electron chi connectivity index (χ2n) is 6.56. The Bertz CT molecular complexity index is 764. The van der Waals surface area contributed by atoms with Crippen molar-refractivity contribution in [3.05, 3.63) is 47.0 Å². The van der Waals surface area contributed by atoms with Crippen LogP contribution in [0.2, 0.25) is 0 Å². The molecule has 2 heterocycles. The Kier molecular flexibility index (Phi) is 5.35. The number of aromatic nitrogens is 2. The fraction of sp³-hybridized carbons (Fsp3) is 0.421. The van der Waals surface area contributed by atoms with Gasteiger partial charge in [-0.15, -0.1) is 0 Å². The molecule has 1 aromatic carbocycles. The van der Waals surface area contributed by atoms with E-state index in [0.717, 1.165) is 29.8 Å². The molecule has 1 aromatic heterocycles. The van der Waals surface area contributed by atoms with Gasteiger partial charge in [-0.1, -0.05) is 0 Å². The molecule has 0 aliphatic carbocycles. The molecule has 0 saturated carbocycles. The first-order valence-electron chi connectivity index (χ1n) is 8.72. The van der Waals surface area contributed by atoms with Crippen LogP contribution in [-0.4, -0.2) is 40.0 Å². The molecule has 1 aliphatic heterocycles. The second-order valence-corrected chi connectivity index (χ2v) is 6.56. The van der Waals surface area contributed by atoms with Crippen molar-refractivity contribution in [2.45, 2.75) is 39.2 Å². The van der Waals surface area contributed by atoms with Crippen LogP contribution in [0, 0.1) is 19.7 Å². The van der Waals surface area contributed by atoms with Gasteiger partial charge in [-0.3, -0.25) is 4.79 Å². The predicted molar refractivity (Wildman–Crippen MR) is 96.3 cm³/mol. The molecule has 0 unspecified atom stereocenters. The average Bonchev–Trinajstić information content (AvgIpc) is 2.60. The summed E-state index contributed by atoms with van der Waals surface area (Å²) < 4.78 is 18.8. The first-order valence-corrected chi connectivity index (χ1v) is 8.72. The molecule has 1 aliphatic rings. The van der Waals surface area contributed by atoms with Crippen LogP contribution in [-0.2, 0) is 11.2 Å². The van der Waals surface area contributed by atoms with Crippen molar-refractivity contribution in [2.24, 2.45) is 0 Å². The number of carbonyl (C=O) groups excluding carboxylic acids is 1. The van der Waals surface area contributed by atoms with Gasteiger partial charge in [-0.25, -0.2) is 14.4 Å². The number of nitrogens with zero attached hydrogens (tertiary/aromatic N) is 3. The third-order valence-corrected chi connectivity index (χ3v) is 4.68. The number of hydrogen-bond donors (Lipinski definition) is 1. The number of carbonyl (C=O) groups is 1. The summed E-state index contributed by atoms with van der Waals surface area (Å²) in [6, 6.07) is 6.01. The van der Waals surface area contributed by atoms with E-state index in [-0.39, 0.29) is 30.2 Å². The normalized spacial score (nSPS) is 15.1. The van der Waals surface area contributed by atoms with E-state index >= 15 is 0 Å². The number of ether oxygens (including phenoxy) is 1. The van der Waals surface area contributed by atoms with E-state index in [1.807, 2.05) is 18.7 Å². The Morgan fingerprint density at radius 3 is 2.35 bits per heavy atom. The maximum absolute atomic E-state index is 12.9. The zero-order valence-corrected chi connectivity index (χ0v) is 15.0. The number of amides is 1. The number of anilines is 1. The van der Waals surface area contributed by atoms with Gasteiger partial charge in [0.1, 0.15) is 17.7 Å². The molecular formula is C19H23FN4O2. The number of piperidine rings is 1. The number of hydrogen-bond acceptors (Lipinski definition) is 5. The van der Waals surface area contributed by atoms with Gasteiger partial charge >= 0.3 is 0 Å². The molecule has 0 bridgehead atoms. The van der Waals surface area contributed by atoms with E-state index in [0.29, 0.717) is 18.8 Å². The Morgan fingerprint density at radius 2 is 1.77 bits per heavy atom. The van der Waals surface area contributed by atoms with E-state index in [1.165, 1.54) is 12.1 Å². The predicted octanol–water partition coefficient (Wildman–Crippen LogP) is 2.43. The Morgan fingerprint density at radius 1 is 1.19 bits per heavy atom. The van der Waals surface area contributed by atoms with Gasteiger partial charge in [0, 0.05) is 42.9 Å². The lowest BCUT2D eigenvalue weighted by atomic mass is 10.0. The topological polar surface area (TPSA) is 81.3 Å². The average molecular weight is 358 g/mol. The summed E-state index contributed by atoms with van der Waals surface area (Å²) in [6.07, 6.45) is 1.81. The van der Waals surface area contributed by atoms with Crippen LogP contribution in [0.1, 0.15) is 29.8 Å². The summed E-state index contributed by atoms with van der Waals surface area (Å²) >= 11 is 0. The van der Waals surface area contributed by atoms with Crippen LogP contribution < -0.4 is 10.5 Å². The lowest BCUT2D eigenvalue weighted by molar-refractivity contribution is -0.132. The van der Waals surface area contributed by atoms with Crippen LogP contribution in [0.5, 0.6) is 5.75 Å². The first kappa shape index (κ1) is 18.1. The monoisotopic (exact) mass is 358 g/mol. The maximum Gasteiger partial charge on any atom is 0.227 e. The van der Waals surface area contributed by atoms with Gasteiger partial charge in [0.15, 0.2) is 0 Å². The Hall–Kier alpha value is -2.70. The number of rotatable bonds is 4. The van der Waals surface area contributed by atoms with Gasteiger partial charge < -0.3 is 15.4 Å². The largest absolute Gasteiger partial charge is 0.490 e. The fourth-order valence-electron chi connectivity index (χ4n) is 3.21. The molecule has 0 atom stereocenters. The standard InChI is InChI=1S/C19H23FN4O2/c1-12-17(13(2)23-19(21)22-12)11-18(25)24-9-7-16(8-10-24)26-15-5-3-14(20)4-6-15/h3-6,16H,7-11H2,1-2H3,(H2,21,22,23). The van der Waals surface area contributed by atoms with Crippen molar-refractivity contribution in [1.29, 1.82) is 0 Å². The molecule has 3 rings (SSSR count). The van der Waals surface area contributed by atoms with Crippen molar-refractivity contribution in [1.82, 2.24) is 14.9 Å². The molecule has 6 nitrogen and oxygen atoms in total. The minimum atomic E-state index is -0.282. The van der Waals surface area contributed by atoms with E-state index in [4.69, 9.17) is 10.5 Å². The number of likely N-dealkylation sites (tertiary alicyclic amines) is 1. The van der Waals surface area contributed by atoms with E-state index in [2.05, 4.69) is 9.97 Å². The summed E-state index contributed by atoms with van der Waals surface area (Å²) in [5, 5.41) is 0. The highest BCUT2D eigenvalue weighted by molar-refractivity contribution is 5.79. The van der Waals surface area contributed by atoms with Crippen LogP contribution >= 0.6 is 0 Å². The number of halogens is 1. The van der Waals surface area contributed by atoms with E-state index in [1.54, 1.807) is 12.1 Å². The number of nitrogen functional groups attached to an aromatic ring is 1. The molecule has 1 amide bonds. The zero-order chi connectivity index (χ0) is 18.7. The molecule has 0 spiro atoms. The molecule has 7 heteroatoms. The van der Waals surface area contributed by atoms with Crippen LogP contribution in [0.15, 0.2) is 24.3 Å². The fourth-order valence-corrected chi connectivity index (χ4v) is 3.21. The number of benzene rings is 1. The van der Waals surface area contributed by atoms with E-state index in [9.17, 15) is 9.18 Å². The summed E-state index contributed by atoms with van der Waals surface area (Å²) in [7, 11) is 0. The minimum Gasteiger partial charge on any atom is -0.490 e. The lowest BCUT2D eigenvalue weighted by Crippen LogP contribution is -2.42. The van der Waals surface area contributed by atoms with Gasteiger partial charge in [-0.2, -0.15) is 0 Å². The molecule has 26 heavy (non-hydrogen) atoms. The van der Waals surface area contributed by atoms with Crippen LogP contribution in [0.4, 0.5) is 10.3 Å². The van der Waals surface area contributed by atoms with Gasteiger partial charge in [0.2, 0.25) is 11.9 Å². The molecular weight excluding hydrogens is 335 g/mol. The quantitative estimate of drug-likeness (QED) is 0.908. The van der Waals surface area contributed by atoms with Crippen molar-refractivity contribution in [2.75, 3.05) is 18.8 Å². The van der Waals surface area contributed by atoms with E-state index < -0.39 is 0 Å². The maximum atomic E-state index is 12.9. The molecule has 1 saturated heterocycles. The molecule has 2 aromatic rings. The molecule has 0 radical (unpaired) electrons. The molecule has 1 fully saturated rings. The third-order valence-electron chi connectivity index (χ3n) is 4.68. The third kappa shape index (κ3) is 4.28. The highest BCUT2D eigenvalue weighted by atomic mass is 19.1. The summed E-state index contributed by atoms with van der Waals surface area (Å²) in [4.78, 5) is 22.8. The van der Waals surface area contributed by atoms with Crippen molar-refractivity contribution in [3.63, 3.8) is 0 Å². The van der Waals surface area contributed by atoms with Gasteiger partial charge in [0.25, 0.3) is 0 Å². The summed E-state index contributed by atoms with van der Waals surface area (Å²) in [5.74, 6) is 0.663. The first-order chi connectivity index (χ1) is 12.4. The summed E-state index contributed by atoms with van der Waals surface area (Å²) in [6.45, 7) is 4.96. The Labute approximate surface area is 152 Å².